The predicted molar refractivity (Wildman–Crippen MR) is 110 cm³/mol. The summed E-state index contributed by atoms with van der Waals surface area (Å²) < 4.78 is 0. The van der Waals surface area contributed by atoms with Gasteiger partial charge in [-0.25, -0.2) is 4.98 Å². The Morgan fingerprint density at radius 2 is 1.78 bits per heavy atom. The number of nitrogens with one attached hydrogen (secondary N) is 2. The minimum absolute atomic E-state index is 0.121. The SMILES string of the molecule is CC(=O)Nc1ccc(CC(=O)Nc2nc(-c3ccc(C)cc3C)cs2)cc1. The van der Waals surface area contributed by atoms with Gasteiger partial charge in [0.05, 0.1) is 12.1 Å². The minimum atomic E-state index is -0.121. The van der Waals surface area contributed by atoms with Crippen LogP contribution in [0.3, 0.4) is 0 Å². The normalized spacial score (nSPS) is 10.5. The van der Waals surface area contributed by atoms with Crippen molar-refractivity contribution < 1.29 is 9.59 Å². The van der Waals surface area contributed by atoms with Crippen molar-refractivity contribution in [3.63, 3.8) is 0 Å². The van der Waals surface area contributed by atoms with Crippen molar-refractivity contribution in [3.05, 3.63) is 64.5 Å². The molecule has 0 saturated carbocycles. The first kappa shape index (κ1) is 18.8. The monoisotopic (exact) mass is 379 g/mol. The molecule has 3 aromatic rings. The Morgan fingerprint density at radius 1 is 1.04 bits per heavy atom. The van der Waals surface area contributed by atoms with E-state index in [0.29, 0.717) is 10.8 Å². The van der Waals surface area contributed by atoms with Crippen LogP contribution in [-0.4, -0.2) is 16.8 Å². The fraction of sp³-hybridized carbons (Fsp3) is 0.190. The highest BCUT2D eigenvalue weighted by molar-refractivity contribution is 7.14. The van der Waals surface area contributed by atoms with Gasteiger partial charge in [0.15, 0.2) is 5.13 Å². The average Bonchev–Trinajstić information content (AvgIpc) is 3.04. The van der Waals surface area contributed by atoms with Gasteiger partial charge in [-0.15, -0.1) is 11.3 Å². The summed E-state index contributed by atoms with van der Waals surface area (Å²) >= 11 is 1.41. The molecule has 0 bridgehead atoms. The van der Waals surface area contributed by atoms with Gasteiger partial charge in [-0.3, -0.25) is 9.59 Å². The number of amides is 2. The van der Waals surface area contributed by atoms with Crippen LogP contribution in [0.1, 0.15) is 23.6 Å². The van der Waals surface area contributed by atoms with E-state index < -0.39 is 0 Å². The number of benzene rings is 2. The number of nitrogens with zero attached hydrogens (tertiary/aromatic N) is 1. The molecule has 0 aliphatic rings. The minimum Gasteiger partial charge on any atom is -0.326 e. The van der Waals surface area contributed by atoms with Crippen molar-refractivity contribution in [2.75, 3.05) is 10.6 Å². The molecule has 0 aliphatic heterocycles. The van der Waals surface area contributed by atoms with E-state index in [-0.39, 0.29) is 18.2 Å². The lowest BCUT2D eigenvalue weighted by Gasteiger charge is -2.05. The number of aromatic nitrogens is 1. The van der Waals surface area contributed by atoms with Crippen LogP contribution in [0.4, 0.5) is 10.8 Å². The van der Waals surface area contributed by atoms with Gasteiger partial charge in [0.2, 0.25) is 11.8 Å². The van der Waals surface area contributed by atoms with Crippen LogP contribution < -0.4 is 10.6 Å². The lowest BCUT2D eigenvalue weighted by molar-refractivity contribution is -0.116. The molecule has 0 unspecified atom stereocenters. The van der Waals surface area contributed by atoms with Crippen molar-refractivity contribution in [2.45, 2.75) is 27.2 Å². The van der Waals surface area contributed by atoms with Crippen LogP contribution in [0.5, 0.6) is 0 Å². The smallest absolute Gasteiger partial charge is 0.230 e. The molecule has 27 heavy (non-hydrogen) atoms. The Kier molecular flexibility index (Phi) is 5.66. The number of carbonyl (C=O) groups excluding carboxylic acids is 2. The maximum atomic E-state index is 12.3. The zero-order valence-corrected chi connectivity index (χ0v) is 16.3. The molecule has 0 saturated heterocycles. The van der Waals surface area contributed by atoms with Crippen LogP contribution in [0.2, 0.25) is 0 Å². The number of rotatable bonds is 5. The zero-order valence-electron chi connectivity index (χ0n) is 15.5. The molecule has 2 N–H and O–H groups in total. The Bertz CT molecular complexity index is 977. The van der Waals surface area contributed by atoms with Crippen molar-refractivity contribution in [2.24, 2.45) is 0 Å². The first-order chi connectivity index (χ1) is 12.9. The van der Waals surface area contributed by atoms with E-state index in [1.54, 1.807) is 12.1 Å². The second-order valence-electron chi connectivity index (χ2n) is 6.46. The summed E-state index contributed by atoms with van der Waals surface area (Å²) in [5.74, 6) is -0.243. The lowest BCUT2D eigenvalue weighted by Crippen LogP contribution is -2.14. The number of anilines is 2. The third kappa shape index (κ3) is 5.01. The summed E-state index contributed by atoms with van der Waals surface area (Å²) in [5, 5.41) is 8.10. The molecule has 138 valence electrons. The Balaban J connectivity index is 1.63. The Morgan fingerprint density at radius 3 is 2.44 bits per heavy atom. The summed E-state index contributed by atoms with van der Waals surface area (Å²) in [6.07, 6.45) is 0.249. The summed E-state index contributed by atoms with van der Waals surface area (Å²) in [6.45, 7) is 5.58. The third-order valence-corrected chi connectivity index (χ3v) is 4.81. The van der Waals surface area contributed by atoms with Crippen LogP contribution in [0.25, 0.3) is 11.3 Å². The van der Waals surface area contributed by atoms with Crippen LogP contribution in [-0.2, 0) is 16.0 Å². The van der Waals surface area contributed by atoms with Gasteiger partial charge in [-0.2, -0.15) is 0 Å². The van der Waals surface area contributed by atoms with E-state index in [9.17, 15) is 9.59 Å². The molecule has 1 heterocycles. The highest BCUT2D eigenvalue weighted by Crippen LogP contribution is 2.28. The van der Waals surface area contributed by atoms with E-state index in [1.807, 2.05) is 17.5 Å². The molecule has 0 radical (unpaired) electrons. The van der Waals surface area contributed by atoms with Crippen LogP contribution in [0, 0.1) is 13.8 Å². The van der Waals surface area contributed by atoms with Crippen LogP contribution >= 0.6 is 11.3 Å². The van der Waals surface area contributed by atoms with Gasteiger partial charge in [0, 0.05) is 23.6 Å². The second-order valence-corrected chi connectivity index (χ2v) is 7.32. The summed E-state index contributed by atoms with van der Waals surface area (Å²) in [5.41, 5.74) is 5.90. The molecular weight excluding hydrogens is 358 g/mol. The summed E-state index contributed by atoms with van der Waals surface area (Å²) in [7, 11) is 0. The maximum Gasteiger partial charge on any atom is 0.230 e. The quantitative estimate of drug-likeness (QED) is 0.682. The topological polar surface area (TPSA) is 71.1 Å². The first-order valence-corrected chi connectivity index (χ1v) is 9.48. The number of aryl methyl sites for hydroxylation is 2. The molecule has 2 amide bonds. The molecule has 0 spiro atoms. The highest BCUT2D eigenvalue weighted by atomic mass is 32.1. The van der Waals surface area contributed by atoms with Gasteiger partial charge < -0.3 is 10.6 Å². The molecule has 3 rings (SSSR count). The maximum absolute atomic E-state index is 12.3. The first-order valence-electron chi connectivity index (χ1n) is 8.60. The Hall–Kier alpha value is -2.99. The molecule has 1 aromatic heterocycles. The molecule has 0 fully saturated rings. The largest absolute Gasteiger partial charge is 0.326 e. The van der Waals surface area contributed by atoms with Gasteiger partial charge in [0.25, 0.3) is 0 Å². The number of hydrogen-bond acceptors (Lipinski definition) is 4. The van der Waals surface area contributed by atoms with E-state index in [0.717, 1.165) is 22.4 Å². The fourth-order valence-corrected chi connectivity index (χ4v) is 3.54. The van der Waals surface area contributed by atoms with E-state index in [1.165, 1.54) is 23.8 Å². The molecule has 0 atom stereocenters. The molecular formula is C21H21N3O2S. The van der Waals surface area contributed by atoms with Crippen molar-refractivity contribution >= 4 is 34.0 Å². The third-order valence-electron chi connectivity index (χ3n) is 4.05. The van der Waals surface area contributed by atoms with Crippen LogP contribution in [0.15, 0.2) is 47.8 Å². The standard InChI is InChI=1S/C21H21N3O2S/c1-13-4-9-18(14(2)10-13)19-12-27-21(23-19)24-20(26)11-16-5-7-17(8-6-16)22-15(3)25/h4-10,12H,11H2,1-3H3,(H,22,25)(H,23,24,26). The number of hydrogen-bond donors (Lipinski definition) is 2. The highest BCUT2D eigenvalue weighted by Gasteiger charge is 2.10. The fourth-order valence-electron chi connectivity index (χ4n) is 2.81. The number of thiazole rings is 1. The van der Waals surface area contributed by atoms with Gasteiger partial charge >= 0.3 is 0 Å². The van der Waals surface area contributed by atoms with Crippen molar-refractivity contribution in [3.8, 4) is 11.3 Å². The van der Waals surface area contributed by atoms with E-state index in [2.05, 4.69) is 47.7 Å². The molecule has 0 aliphatic carbocycles. The van der Waals surface area contributed by atoms with Crippen molar-refractivity contribution in [1.82, 2.24) is 4.98 Å². The molecule has 2 aromatic carbocycles. The average molecular weight is 379 g/mol. The van der Waals surface area contributed by atoms with E-state index in [4.69, 9.17) is 0 Å². The number of carbonyl (C=O) groups is 2. The van der Waals surface area contributed by atoms with Gasteiger partial charge in [-0.05, 0) is 37.1 Å². The molecule has 6 heteroatoms. The molecule has 5 nitrogen and oxygen atoms in total. The van der Waals surface area contributed by atoms with Crippen molar-refractivity contribution in [1.29, 1.82) is 0 Å². The second kappa shape index (κ2) is 8.14. The summed E-state index contributed by atoms with van der Waals surface area (Å²) in [6, 6.07) is 13.5. The van der Waals surface area contributed by atoms with Gasteiger partial charge in [-0.1, -0.05) is 35.9 Å². The van der Waals surface area contributed by atoms with E-state index >= 15 is 0 Å². The van der Waals surface area contributed by atoms with Gasteiger partial charge in [0.1, 0.15) is 0 Å². The zero-order chi connectivity index (χ0) is 19.4. The predicted octanol–water partition coefficient (Wildman–Crippen LogP) is 4.57. The summed E-state index contributed by atoms with van der Waals surface area (Å²) in [4.78, 5) is 27.9. The Labute approximate surface area is 162 Å². The lowest BCUT2D eigenvalue weighted by atomic mass is 10.0.